The summed E-state index contributed by atoms with van der Waals surface area (Å²) in [5.41, 5.74) is 0.706. The molecule has 0 amide bonds. The molecule has 0 heterocycles. The fraction of sp³-hybridized carbons (Fsp3) is 0.500. The molecule has 1 aromatic rings. The number of carbonyl (C=O) groups excluding carboxylic acids is 1. The normalized spacial score (nSPS) is 12.2. The van der Waals surface area contributed by atoms with Gasteiger partial charge in [0.05, 0.1) is 6.07 Å². The molecule has 3 heteroatoms. The Labute approximate surface area is 120 Å². The van der Waals surface area contributed by atoms with E-state index in [4.69, 9.17) is 11.6 Å². The molecule has 0 saturated carbocycles. The van der Waals surface area contributed by atoms with Gasteiger partial charge in [0.2, 0.25) is 0 Å². The zero-order valence-corrected chi connectivity index (χ0v) is 12.3. The van der Waals surface area contributed by atoms with Crippen LogP contribution in [-0.2, 0) is 4.79 Å². The van der Waals surface area contributed by atoms with E-state index in [1.54, 1.807) is 24.3 Å². The summed E-state index contributed by atoms with van der Waals surface area (Å²) in [6.45, 7) is 4.13. The van der Waals surface area contributed by atoms with Gasteiger partial charge in [0.15, 0.2) is 5.78 Å². The van der Waals surface area contributed by atoms with Gasteiger partial charge in [-0.05, 0) is 30.5 Å². The molecule has 1 aromatic carbocycles. The number of nitriles is 1. The number of benzene rings is 1. The van der Waals surface area contributed by atoms with E-state index in [9.17, 15) is 10.1 Å². The molecule has 2 nitrogen and oxygen atoms in total. The Morgan fingerprint density at radius 2 is 1.95 bits per heavy atom. The first-order valence-corrected chi connectivity index (χ1v) is 7.20. The van der Waals surface area contributed by atoms with Crippen molar-refractivity contribution in [3.8, 4) is 6.07 Å². The molecule has 0 N–H and O–H groups in total. The van der Waals surface area contributed by atoms with E-state index in [0.29, 0.717) is 10.6 Å². The van der Waals surface area contributed by atoms with Gasteiger partial charge in [-0.2, -0.15) is 5.26 Å². The first-order valence-electron chi connectivity index (χ1n) is 6.82. The van der Waals surface area contributed by atoms with Crippen LogP contribution in [0, 0.1) is 17.2 Å². The van der Waals surface area contributed by atoms with Crippen molar-refractivity contribution in [3.05, 3.63) is 34.9 Å². The first kappa shape index (κ1) is 15.7. The van der Waals surface area contributed by atoms with E-state index in [1.807, 2.05) is 0 Å². The quantitative estimate of drug-likeness (QED) is 0.723. The average Bonchev–Trinajstić information content (AvgIpc) is 2.39. The van der Waals surface area contributed by atoms with E-state index in [1.165, 1.54) is 0 Å². The molecule has 1 rings (SSSR count). The van der Waals surface area contributed by atoms with Crippen LogP contribution in [0.1, 0.15) is 51.0 Å². The Hall–Kier alpha value is -1.33. The van der Waals surface area contributed by atoms with Crippen LogP contribution in [0.2, 0.25) is 5.02 Å². The molecule has 0 aliphatic carbocycles. The van der Waals surface area contributed by atoms with Crippen LogP contribution in [0.3, 0.4) is 0 Å². The van der Waals surface area contributed by atoms with Gasteiger partial charge in [0.1, 0.15) is 5.92 Å². The highest BCUT2D eigenvalue weighted by Gasteiger charge is 2.27. The van der Waals surface area contributed by atoms with Crippen LogP contribution in [0.4, 0.5) is 0 Å². The summed E-state index contributed by atoms with van der Waals surface area (Å²) in [6, 6.07) is 9.17. The summed E-state index contributed by atoms with van der Waals surface area (Å²) in [6.07, 6.45) is 3.63. The molecule has 0 aromatic heterocycles. The number of halogens is 1. The predicted molar refractivity (Wildman–Crippen MR) is 78.1 cm³/mol. The molecule has 1 atom stereocenters. The van der Waals surface area contributed by atoms with Crippen molar-refractivity contribution in [2.45, 2.75) is 45.4 Å². The summed E-state index contributed by atoms with van der Waals surface area (Å²) >= 11 is 5.93. The second-order valence-corrected chi connectivity index (χ2v) is 5.23. The highest BCUT2D eigenvalue weighted by molar-refractivity contribution is 6.30. The van der Waals surface area contributed by atoms with Gasteiger partial charge in [-0.25, -0.2) is 0 Å². The van der Waals surface area contributed by atoms with Crippen molar-refractivity contribution < 1.29 is 4.79 Å². The van der Waals surface area contributed by atoms with E-state index in [0.717, 1.165) is 25.7 Å². The van der Waals surface area contributed by atoms with Crippen molar-refractivity contribution in [1.29, 1.82) is 5.26 Å². The zero-order valence-electron chi connectivity index (χ0n) is 11.5. The molecule has 1 unspecified atom stereocenters. The SMILES string of the molecule is CCCC(CCC)C(=O)C(C#N)c1cccc(Cl)c1. The molecule has 0 fully saturated rings. The van der Waals surface area contributed by atoms with Crippen molar-refractivity contribution in [1.82, 2.24) is 0 Å². The summed E-state index contributed by atoms with van der Waals surface area (Å²) in [7, 11) is 0. The minimum atomic E-state index is -0.693. The maximum Gasteiger partial charge on any atom is 0.157 e. The molecule has 0 saturated heterocycles. The van der Waals surface area contributed by atoms with Crippen LogP contribution in [0.5, 0.6) is 0 Å². The van der Waals surface area contributed by atoms with Crippen LogP contribution in [0.15, 0.2) is 24.3 Å². The van der Waals surface area contributed by atoms with Gasteiger partial charge < -0.3 is 0 Å². The Balaban J connectivity index is 2.95. The second kappa shape index (κ2) is 7.96. The van der Waals surface area contributed by atoms with Gasteiger partial charge in [0, 0.05) is 10.9 Å². The third-order valence-corrected chi connectivity index (χ3v) is 3.51. The van der Waals surface area contributed by atoms with Crippen LogP contribution in [0.25, 0.3) is 0 Å². The van der Waals surface area contributed by atoms with E-state index >= 15 is 0 Å². The molecule has 0 aliphatic heterocycles. The minimum Gasteiger partial charge on any atom is -0.298 e. The summed E-state index contributed by atoms with van der Waals surface area (Å²) in [5.74, 6) is -0.672. The lowest BCUT2D eigenvalue weighted by atomic mass is 9.84. The molecule has 0 radical (unpaired) electrons. The summed E-state index contributed by atoms with van der Waals surface area (Å²) in [4.78, 5) is 12.5. The number of nitrogens with zero attached hydrogens (tertiary/aromatic N) is 1. The highest BCUT2D eigenvalue weighted by atomic mass is 35.5. The van der Waals surface area contributed by atoms with E-state index in [2.05, 4.69) is 19.9 Å². The Kier molecular flexibility index (Phi) is 6.59. The van der Waals surface area contributed by atoms with Crippen LogP contribution < -0.4 is 0 Å². The zero-order chi connectivity index (χ0) is 14.3. The fourth-order valence-electron chi connectivity index (χ4n) is 2.35. The van der Waals surface area contributed by atoms with E-state index in [-0.39, 0.29) is 11.7 Å². The topological polar surface area (TPSA) is 40.9 Å². The molecular weight excluding hydrogens is 258 g/mol. The van der Waals surface area contributed by atoms with Gasteiger partial charge in [-0.3, -0.25) is 4.79 Å². The Bertz CT molecular complexity index is 458. The number of Topliss-reactive ketones (excluding diaryl/α,β-unsaturated/α-hetero) is 1. The number of carbonyl (C=O) groups is 1. The Morgan fingerprint density at radius 1 is 1.32 bits per heavy atom. The smallest absolute Gasteiger partial charge is 0.157 e. The maximum atomic E-state index is 12.5. The fourth-order valence-corrected chi connectivity index (χ4v) is 2.55. The van der Waals surface area contributed by atoms with Crippen LogP contribution in [-0.4, -0.2) is 5.78 Å². The van der Waals surface area contributed by atoms with Gasteiger partial charge in [-0.15, -0.1) is 0 Å². The lowest BCUT2D eigenvalue weighted by Crippen LogP contribution is -2.21. The molecular formula is C16H20ClNO. The predicted octanol–water partition coefficient (Wildman–Crippen LogP) is 4.73. The van der Waals surface area contributed by atoms with Crippen LogP contribution >= 0.6 is 11.6 Å². The molecule has 0 aliphatic rings. The van der Waals surface area contributed by atoms with Gasteiger partial charge in [0.25, 0.3) is 0 Å². The molecule has 102 valence electrons. The van der Waals surface area contributed by atoms with Gasteiger partial charge in [-0.1, -0.05) is 50.4 Å². The van der Waals surface area contributed by atoms with Crippen molar-refractivity contribution >= 4 is 17.4 Å². The lowest BCUT2D eigenvalue weighted by molar-refractivity contribution is -0.123. The number of rotatable bonds is 7. The van der Waals surface area contributed by atoms with Crippen molar-refractivity contribution in [3.63, 3.8) is 0 Å². The molecule has 0 bridgehead atoms. The highest BCUT2D eigenvalue weighted by Crippen LogP contribution is 2.26. The monoisotopic (exact) mass is 277 g/mol. The largest absolute Gasteiger partial charge is 0.298 e. The molecule has 19 heavy (non-hydrogen) atoms. The third kappa shape index (κ3) is 4.36. The van der Waals surface area contributed by atoms with E-state index < -0.39 is 5.92 Å². The number of hydrogen-bond acceptors (Lipinski definition) is 2. The number of hydrogen-bond donors (Lipinski definition) is 0. The van der Waals surface area contributed by atoms with Gasteiger partial charge >= 0.3 is 0 Å². The van der Waals surface area contributed by atoms with Crippen molar-refractivity contribution in [2.24, 2.45) is 5.92 Å². The Morgan fingerprint density at radius 3 is 2.42 bits per heavy atom. The third-order valence-electron chi connectivity index (χ3n) is 3.27. The summed E-state index contributed by atoms with van der Waals surface area (Å²) in [5, 5.41) is 9.88. The van der Waals surface area contributed by atoms with Crippen molar-refractivity contribution in [2.75, 3.05) is 0 Å². The lowest BCUT2D eigenvalue weighted by Gasteiger charge is -2.17. The summed E-state index contributed by atoms with van der Waals surface area (Å²) < 4.78 is 0. The number of ketones is 1. The second-order valence-electron chi connectivity index (χ2n) is 4.79. The maximum absolute atomic E-state index is 12.5. The molecule has 0 spiro atoms. The minimum absolute atomic E-state index is 0.0152. The average molecular weight is 278 g/mol. The standard InChI is InChI=1S/C16H20ClNO/c1-3-6-12(7-4-2)16(19)15(11-18)13-8-5-9-14(17)10-13/h5,8-10,12,15H,3-4,6-7H2,1-2H3. The first-order chi connectivity index (χ1) is 9.13.